The van der Waals surface area contributed by atoms with Crippen LogP contribution in [0.25, 0.3) is 0 Å². The Kier molecular flexibility index (Phi) is 12.2. The largest absolute Gasteiger partial charge is 0.481 e. The number of ether oxygens (including phenoxy) is 1. The van der Waals surface area contributed by atoms with Gasteiger partial charge in [-0.15, -0.1) is 0 Å². The molecule has 0 radical (unpaired) electrons. The Bertz CT molecular complexity index is 1160. The lowest BCUT2D eigenvalue weighted by Gasteiger charge is -2.61. The Balaban J connectivity index is 0.000000203. The number of carboxylic acids is 1. The molecular formula is C40H64O6. The number of carbonyl (C=O) groups is 1. The number of unbranched alkanes of at least 4 members (excludes halogenated alkanes) is 12. The van der Waals surface area contributed by atoms with Gasteiger partial charge in [0.05, 0.1) is 18.5 Å². The van der Waals surface area contributed by atoms with Crippen molar-refractivity contribution in [3.05, 3.63) is 34.4 Å². The lowest BCUT2D eigenvalue weighted by Crippen LogP contribution is -2.58. The van der Waals surface area contributed by atoms with E-state index in [1.165, 1.54) is 108 Å². The van der Waals surface area contributed by atoms with E-state index in [1.807, 2.05) is 6.07 Å². The molecule has 5 aliphatic rings. The number of aliphatic hydroxyl groups is 1. The Morgan fingerprint density at radius 2 is 1.48 bits per heavy atom. The second-order valence-electron chi connectivity index (χ2n) is 16.3. The Morgan fingerprint density at radius 1 is 0.826 bits per heavy atom. The third-order valence-electron chi connectivity index (χ3n) is 13.7. The molecule has 0 aromatic carbocycles. The van der Waals surface area contributed by atoms with Crippen molar-refractivity contribution < 1.29 is 24.2 Å². The molecule has 1 saturated heterocycles. The molecule has 1 spiro atoms. The molecular weight excluding hydrogens is 576 g/mol. The highest BCUT2D eigenvalue weighted by molar-refractivity contribution is 5.66. The lowest BCUT2D eigenvalue weighted by molar-refractivity contribution is -0.139. The molecule has 5 fully saturated rings. The van der Waals surface area contributed by atoms with Crippen molar-refractivity contribution in [1.82, 2.24) is 0 Å². The first-order valence-electron chi connectivity index (χ1n) is 19.3. The van der Waals surface area contributed by atoms with Crippen LogP contribution < -0.4 is 5.63 Å². The van der Waals surface area contributed by atoms with Gasteiger partial charge in [0, 0.05) is 17.9 Å². The fourth-order valence-corrected chi connectivity index (χ4v) is 11.0. The van der Waals surface area contributed by atoms with Crippen molar-refractivity contribution in [2.45, 2.75) is 186 Å². The van der Waals surface area contributed by atoms with Gasteiger partial charge in [-0.2, -0.15) is 0 Å². The molecule has 2 heterocycles. The third-order valence-corrected chi connectivity index (χ3v) is 13.7. The first-order valence-corrected chi connectivity index (χ1v) is 19.3. The Labute approximate surface area is 278 Å². The summed E-state index contributed by atoms with van der Waals surface area (Å²) in [4.78, 5) is 21.7. The first-order chi connectivity index (χ1) is 22.2. The van der Waals surface area contributed by atoms with Crippen LogP contribution in [0.15, 0.2) is 27.6 Å². The molecule has 4 saturated carbocycles. The number of aliphatic carboxylic acids is 1. The summed E-state index contributed by atoms with van der Waals surface area (Å²) < 4.78 is 11.8. The van der Waals surface area contributed by atoms with Gasteiger partial charge in [-0.1, -0.05) is 97.8 Å². The van der Waals surface area contributed by atoms with E-state index in [0.717, 1.165) is 38.0 Å². The van der Waals surface area contributed by atoms with Crippen molar-refractivity contribution in [3.63, 3.8) is 0 Å². The molecule has 4 aliphatic carbocycles. The highest BCUT2D eigenvalue weighted by atomic mass is 16.6. The zero-order valence-corrected chi connectivity index (χ0v) is 29.3. The van der Waals surface area contributed by atoms with Gasteiger partial charge in [0.2, 0.25) is 0 Å². The topological polar surface area (TPSA) is 100 Å². The third kappa shape index (κ3) is 7.48. The summed E-state index contributed by atoms with van der Waals surface area (Å²) in [5, 5.41) is 18.7. The molecule has 0 amide bonds. The second-order valence-corrected chi connectivity index (χ2v) is 16.3. The number of carboxylic acid groups (broad SMARTS) is 1. The molecule has 260 valence electrons. The van der Waals surface area contributed by atoms with Gasteiger partial charge in [-0.05, 0) is 98.5 Å². The molecule has 6 rings (SSSR count). The van der Waals surface area contributed by atoms with Crippen LogP contribution in [-0.2, 0) is 9.53 Å². The molecule has 2 N–H and O–H groups in total. The zero-order valence-electron chi connectivity index (χ0n) is 29.3. The summed E-state index contributed by atoms with van der Waals surface area (Å²) in [5.41, 5.74) is 1.44. The average Bonchev–Trinajstić information content (AvgIpc) is 3.69. The highest BCUT2D eigenvalue weighted by Gasteiger charge is 2.80. The van der Waals surface area contributed by atoms with Gasteiger partial charge in [-0.3, -0.25) is 4.79 Å². The van der Waals surface area contributed by atoms with E-state index in [0.29, 0.717) is 35.7 Å². The summed E-state index contributed by atoms with van der Waals surface area (Å²) in [7, 11) is 0. The predicted octanol–water partition coefficient (Wildman–Crippen LogP) is 9.81. The van der Waals surface area contributed by atoms with E-state index in [9.17, 15) is 14.7 Å². The average molecular weight is 641 g/mol. The molecule has 0 bridgehead atoms. The van der Waals surface area contributed by atoms with Crippen LogP contribution in [0, 0.1) is 28.6 Å². The van der Waals surface area contributed by atoms with E-state index in [1.54, 1.807) is 12.3 Å². The smallest absolute Gasteiger partial charge is 0.335 e. The number of hydrogen-bond donors (Lipinski definition) is 2. The maximum Gasteiger partial charge on any atom is 0.335 e. The van der Waals surface area contributed by atoms with Gasteiger partial charge >= 0.3 is 11.6 Å². The standard InChI is InChI=1S/C24H32O4.C16H32O2/c1-22-9-7-16(25)11-15(22)4-5-18-17(22)8-10-23(2)19(12-20-24(18,23)28-20)14-3-6-21(26)27-13-14;1-2-3-4-5-6-7-8-9-10-11-12-13-14-15-16(17)18/h3,6,13,15-20,25H,4-5,7-12H2,1-2H3;2-15H2,1H3,(H,17,18)/t15-,16+,17+,18-,19-,20-,22+,23-,24-;/m1./s1. The van der Waals surface area contributed by atoms with Crippen LogP contribution in [0.1, 0.15) is 174 Å². The first kappa shape index (κ1) is 35.6. The number of aliphatic hydroxyl groups excluding tert-OH is 1. The van der Waals surface area contributed by atoms with Crippen LogP contribution in [0.5, 0.6) is 0 Å². The fraction of sp³-hybridized carbons (Fsp3) is 0.850. The van der Waals surface area contributed by atoms with E-state index in [4.69, 9.17) is 14.3 Å². The molecule has 1 aromatic heterocycles. The zero-order chi connectivity index (χ0) is 32.8. The number of fused-ring (bicyclic) bond motifs is 3. The van der Waals surface area contributed by atoms with Gasteiger partial charge in [0.15, 0.2) is 0 Å². The molecule has 1 aromatic rings. The molecule has 46 heavy (non-hydrogen) atoms. The van der Waals surface area contributed by atoms with Crippen molar-refractivity contribution >= 4 is 5.97 Å². The molecule has 6 heteroatoms. The minimum atomic E-state index is -0.655. The second kappa shape index (κ2) is 15.7. The fourth-order valence-electron chi connectivity index (χ4n) is 11.0. The highest BCUT2D eigenvalue weighted by Crippen LogP contribution is 2.77. The maximum absolute atomic E-state index is 11.4. The summed E-state index contributed by atoms with van der Waals surface area (Å²) in [5.74, 6) is 1.82. The van der Waals surface area contributed by atoms with E-state index >= 15 is 0 Å². The van der Waals surface area contributed by atoms with Crippen LogP contribution in [0.2, 0.25) is 0 Å². The Hall–Kier alpha value is -1.66. The normalized spacial score (nSPS) is 37.2. The van der Waals surface area contributed by atoms with Crippen LogP contribution in [0.4, 0.5) is 0 Å². The number of epoxide rings is 1. The molecule has 1 aliphatic heterocycles. The van der Waals surface area contributed by atoms with Crippen molar-refractivity contribution in [3.8, 4) is 0 Å². The maximum atomic E-state index is 11.4. The van der Waals surface area contributed by atoms with Gasteiger partial charge in [0.25, 0.3) is 0 Å². The van der Waals surface area contributed by atoms with Crippen molar-refractivity contribution in [2.75, 3.05) is 0 Å². The summed E-state index contributed by atoms with van der Waals surface area (Å²) in [6.07, 6.45) is 28.4. The minimum absolute atomic E-state index is 0.0285. The summed E-state index contributed by atoms with van der Waals surface area (Å²) >= 11 is 0. The monoisotopic (exact) mass is 640 g/mol. The molecule has 0 unspecified atom stereocenters. The molecule has 6 nitrogen and oxygen atoms in total. The van der Waals surface area contributed by atoms with E-state index < -0.39 is 5.97 Å². The lowest BCUT2D eigenvalue weighted by atomic mass is 9.44. The van der Waals surface area contributed by atoms with E-state index in [2.05, 4.69) is 20.8 Å². The van der Waals surface area contributed by atoms with Gasteiger partial charge in [-0.25, -0.2) is 4.79 Å². The predicted molar refractivity (Wildman–Crippen MR) is 183 cm³/mol. The van der Waals surface area contributed by atoms with E-state index in [-0.39, 0.29) is 22.7 Å². The number of rotatable bonds is 15. The Morgan fingerprint density at radius 3 is 2.09 bits per heavy atom. The van der Waals surface area contributed by atoms with Gasteiger partial charge < -0.3 is 19.4 Å². The van der Waals surface area contributed by atoms with Crippen LogP contribution >= 0.6 is 0 Å². The van der Waals surface area contributed by atoms with Crippen LogP contribution in [-0.4, -0.2) is 34.0 Å². The number of hydrogen-bond acceptors (Lipinski definition) is 5. The quantitative estimate of drug-likeness (QED) is 0.146. The van der Waals surface area contributed by atoms with Crippen molar-refractivity contribution in [1.29, 1.82) is 0 Å². The minimum Gasteiger partial charge on any atom is -0.481 e. The SMILES string of the molecule is CCCCCCCCCCCCCCCC(=O)O.C[C@]12CC[C@H](O)C[C@H]1CC[C@@H]1[C@@H]2CC[C@]2(C)[C@@H](c3ccc(=O)oc3)C[C@H]3O[C@]132. The van der Waals surface area contributed by atoms with Crippen molar-refractivity contribution in [2.24, 2.45) is 28.6 Å². The van der Waals surface area contributed by atoms with Crippen LogP contribution in [0.3, 0.4) is 0 Å². The summed E-state index contributed by atoms with van der Waals surface area (Å²) in [6.45, 7) is 7.23. The molecule has 9 atom stereocenters. The summed E-state index contributed by atoms with van der Waals surface area (Å²) in [6, 6.07) is 3.55. The van der Waals surface area contributed by atoms with Gasteiger partial charge in [0.1, 0.15) is 5.60 Å².